The van der Waals surface area contributed by atoms with Crippen molar-refractivity contribution in [3.63, 3.8) is 0 Å². The number of para-hydroxylation sites is 1. The summed E-state index contributed by atoms with van der Waals surface area (Å²) in [6.07, 6.45) is 0. The molecule has 0 aromatic heterocycles. The van der Waals surface area contributed by atoms with Gasteiger partial charge >= 0.3 is 0 Å². The zero-order valence-electron chi connectivity index (χ0n) is 9.45. The average molecular weight is 436 g/mol. The zero-order chi connectivity index (χ0) is 14.0. The highest BCUT2D eigenvalue weighted by atomic mass is 127. The number of rotatable bonds is 2. The van der Waals surface area contributed by atoms with Gasteiger partial charge in [-0.2, -0.15) is 0 Å². The van der Waals surface area contributed by atoms with Crippen LogP contribution in [0.25, 0.3) is 0 Å². The van der Waals surface area contributed by atoms with Gasteiger partial charge in [0.15, 0.2) is 0 Å². The van der Waals surface area contributed by atoms with E-state index in [1.807, 2.05) is 22.6 Å². The Morgan fingerprint density at radius 1 is 1.32 bits per heavy atom. The van der Waals surface area contributed by atoms with Crippen LogP contribution in [-0.4, -0.2) is 11.0 Å². The van der Waals surface area contributed by atoms with Gasteiger partial charge in [-0.25, -0.2) is 4.39 Å². The van der Waals surface area contributed by atoms with Gasteiger partial charge in [0.05, 0.1) is 11.3 Å². The molecule has 0 aliphatic carbocycles. The molecule has 19 heavy (non-hydrogen) atoms. The third-order valence-electron chi connectivity index (χ3n) is 2.40. The van der Waals surface area contributed by atoms with Crippen molar-refractivity contribution in [2.24, 2.45) is 0 Å². The normalized spacial score (nSPS) is 10.3. The Kier molecular flexibility index (Phi) is 4.41. The van der Waals surface area contributed by atoms with Crippen LogP contribution in [0, 0.1) is 9.39 Å². The molecule has 1 amide bonds. The molecular formula is C13H8BrFINO2. The van der Waals surface area contributed by atoms with Crippen LogP contribution in [0.5, 0.6) is 5.75 Å². The maximum atomic E-state index is 13.6. The van der Waals surface area contributed by atoms with E-state index >= 15 is 0 Å². The largest absolute Gasteiger partial charge is 0.507 e. The highest BCUT2D eigenvalue weighted by Crippen LogP contribution is 2.27. The molecule has 2 rings (SSSR count). The molecule has 0 spiro atoms. The molecule has 0 saturated heterocycles. The van der Waals surface area contributed by atoms with E-state index in [4.69, 9.17) is 0 Å². The molecular weight excluding hydrogens is 428 g/mol. The summed E-state index contributed by atoms with van der Waals surface area (Å²) in [5, 5.41) is 12.1. The summed E-state index contributed by atoms with van der Waals surface area (Å²) in [7, 11) is 0. The fraction of sp³-hybridized carbons (Fsp3) is 0. The lowest BCUT2D eigenvalue weighted by atomic mass is 10.2. The first-order valence-corrected chi connectivity index (χ1v) is 7.10. The van der Waals surface area contributed by atoms with E-state index in [0.717, 1.165) is 3.57 Å². The van der Waals surface area contributed by atoms with Crippen molar-refractivity contribution in [1.82, 2.24) is 0 Å². The lowest BCUT2D eigenvalue weighted by Crippen LogP contribution is -2.14. The Hall–Kier alpha value is -1.15. The van der Waals surface area contributed by atoms with Crippen LogP contribution in [-0.2, 0) is 0 Å². The van der Waals surface area contributed by atoms with E-state index in [0.29, 0.717) is 4.47 Å². The molecule has 0 saturated carbocycles. The van der Waals surface area contributed by atoms with Crippen molar-refractivity contribution in [2.45, 2.75) is 0 Å². The monoisotopic (exact) mass is 435 g/mol. The molecule has 2 N–H and O–H groups in total. The fourth-order valence-electron chi connectivity index (χ4n) is 1.49. The van der Waals surface area contributed by atoms with Gasteiger partial charge in [-0.15, -0.1) is 0 Å². The maximum Gasteiger partial charge on any atom is 0.259 e. The van der Waals surface area contributed by atoms with Crippen LogP contribution < -0.4 is 5.32 Å². The summed E-state index contributed by atoms with van der Waals surface area (Å²) in [5.74, 6) is -1.26. The molecule has 0 aliphatic rings. The average Bonchev–Trinajstić information content (AvgIpc) is 2.37. The number of amides is 1. The second-order valence-electron chi connectivity index (χ2n) is 3.71. The van der Waals surface area contributed by atoms with Crippen molar-refractivity contribution in [3.05, 3.63) is 55.8 Å². The van der Waals surface area contributed by atoms with E-state index in [1.54, 1.807) is 12.1 Å². The lowest BCUT2D eigenvalue weighted by molar-refractivity contribution is 0.102. The highest BCUT2D eigenvalue weighted by Gasteiger charge is 2.15. The second kappa shape index (κ2) is 5.87. The Morgan fingerprint density at radius 2 is 2.05 bits per heavy atom. The molecule has 0 unspecified atom stereocenters. The molecule has 0 radical (unpaired) electrons. The van der Waals surface area contributed by atoms with Crippen LogP contribution in [0.4, 0.5) is 10.1 Å². The molecule has 98 valence electrons. The first-order valence-electron chi connectivity index (χ1n) is 5.23. The van der Waals surface area contributed by atoms with Gasteiger partial charge in [-0.3, -0.25) is 4.79 Å². The number of phenols is 1. The molecule has 0 aliphatic heterocycles. The third kappa shape index (κ3) is 3.24. The molecule has 6 heteroatoms. The van der Waals surface area contributed by atoms with E-state index in [1.165, 1.54) is 24.3 Å². The van der Waals surface area contributed by atoms with Crippen molar-refractivity contribution in [3.8, 4) is 5.75 Å². The Bertz CT molecular complexity index is 628. The topological polar surface area (TPSA) is 49.3 Å². The van der Waals surface area contributed by atoms with E-state index in [2.05, 4.69) is 21.2 Å². The summed E-state index contributed by atoms with van der Waals surface area (Å²) in [6, 6.07) is 9.01. The molecule has 0 fully saturated rings. The molecule has 2 aromatic rings. The Morgan fingerprint density at radius 3 is 2.74 bits per heavy atom. The van der Waals surface area contributed by atoms with Gasteiger partial charge in [-0.05, 0) is 68.9 Å². The van der Waals surface area contributed by atoms with Crippen LogP contribution in [0.1, 0.15) is 10.4 Å². The maximum absolute atomic E-state index is 13.6. The van der Waals surface area contributed by atoms with Gasteiger partial charge in [0.25, 0.3) is 5.91 Å². The van der Waals surface area contributed by atoms with Gasteiger partial charge in [0.2, 0.25) is 0 Å². The summed E-state index contributed by atoms with van der Waals surface area (Å²) in [4.78, 5) is 12.0. The molecule has 3 nitrogen and oxygen atoms in total. The Balaban J connectivity index is 2.34. The number of phenolic OH excluding ortho intramolecular Hbond substituents is 1. The van der Waals surface area contributed by atoms with Gasteiger partial charge in [0.1, 0.15) is 11.6 Å². The predicted octanol–water partition coefficient (Wildman–Crippen LogP) is 4.15. The van der Waals surface area contributed by atoms with E-state index in [-0.39, 0.29) is 17.0 Å². The highest BCUT2D eigenvalue weighted by molar-refractivity contribution is 14.1. The predicted molar refractivity (Wildman–Crippen MR) is 82.9 cm³/mol. The summed E-state index contributed by atoms with van der Waals surface area (Å²) < 4.78 is 14.8. The summed E-state index contributed by atoms with van der Waals surface area (Å²) >= 11 is 5.19. The van der Waals surface area contributed by atoms with Crippen molar-refractivity contribution in [1.29, 1.82) is 0 Å². The van der Waals surface area contributed by atoms with Crippen LogP contribution in [0.15, 0.2) is 40.9 Å². The quantitative estimate of drug-likeness (QED) is 0.696. The fourth-order valence-corrected chi connectivity index (χ4v) is 2.42. The number of carbonyl (C=O) groups excluding carboxylic acids is 1. The number of carbonyl (C=O) groups is 1. The van der Waals surface area contributed by atoms with E-state index < -0.39 is 11.7 Å². The van der Waals surface area contributed by atoms with Gasteiger partial charge in [-0.1, -0.05) is 6.07 Å². The van der Waals surface area contributed by atoms with Crippen LogP contribution in [0.3, 0.4) is 0 Å². The summed E-state index contributed by atoms with van der Waals surface area (Å²) in [6.45, 7) is 0. The number of benzene rings is 2. The molecule has 2 aromatic carbocycles. The Labute approximate surface area is 131 Å². The minimum Gasteiger partial charge on any atom is -0.507 e. The van der Waals surface area contributed by atoms with Crippen molar-refractivity contribution < 1.29 is 14.3 Å². The van der Waals surface area contributed by atoms with Gasteiger partial charge < -0.3 is 10.4 Å². The van der Waals surface area contributed by atoms with Crippen LogP contribution in [0.2, 0.25) is 0 Å². The smallest absolute Gasteiger partial charge is 0.259 e. The number of hydrogen-bond donors (Lipinski definition) is 2. The summed E-state index contributed by atoms with van der Waals surface area (Å²) in [5.41, 5.74) is 0.146. The SMILES string of the molecule is O=C(Nc1c(F)cccc1Br)c1cc(I)ccc1O. The third-order valence-corrected chi connectivity index (χ3v) is 3.74. The second-order valence-corrected chi connectivity index (χ2v) is 5.81. The van der Waals surface area contributed by atoms with Crippen LogP contribution >= 0.6 is 38.5 Å². The zero-order valence-corrected chi connectivity index (χ0v) is 13.2. The van der Waals surface area contributed by atoms with Gasteiger partial charge in [0, 0.05) is 8.04 Å². The standard InChI is InChI=1S/C13H8BrFINO2/c14-9-2-1-3-10(15)12(9)17-13(19)8-6-7(16)4-5-11(8)18/h1-6,18H,(H,17,19). The number of hydrogen-bond acceptors (Lipinski definition) is 2. The molecule has 0 atom stereocenters. The molecule has 0 heterocycles. The number of halogens is 3. The first-order chi connectivity index (χ1) is 8.99. The van der Waals surface area contributed by atoms with Crippen molar-refractivity contribution >= 4 is 50.1 Å². The number of nitrogens with one attached hydrogen (secondary N) is 1. The lowest BCUT2D eigenvalue weighted by Gasteiger charge is -2.09. The minimum absolute atomic E-state index is 0.0470. The van der Waals surface area contributed by atoms with Crippen molar-refractivity contribution in [2.75, 3.05) is 5.32 Å². The number of anilines is 1. The number of aromatic hydroxyl groups is 1. The van der Waals surface area contributed by atoms with E-state index in [9.17, 15) is 14.3 Å². The molecule has 0 bridgehead atoms. The minimum atomic E-state index is -0.568. The first kappa shape index (κ1) is 14.3.